The molecule has 0 radical (unpaired) electrons. The molecule has 0 fully saturated rings. The van der Waals surface area contributed by atoms with Crippen molar-refractivity contribution in [3.63, 3.8) is 0 Å². The van der Waals surface area contributed by atoms with Crippen molar-refractivity contribution in [3.8, 4) is 5.75 Å². The highest BCUT2D eigenvalue weighted by atomic mass is 79.9. The molecule has 0 aliphatic heterocycles. The molecule has 0 saturated heterocycles. The number of ether oxygens (including phenoxy) is 1. The summed E-state index contributed by atoms with van der Waals surface area (Å²) in [5.41, 5.74) is 6.85. The average molecular weight is 244 g/mol. The van der Waals surface area contributed by atoms with Crippen LogP contribution >= 0.6 is 15.9 Å². The van der Waals surface area contributed by atoms with Crippen molar-refractivity contribution in [1.29, 1.82) is 0 Å². The Balaban J connectivity index is 3.03. The van der Waals surface area contributed by atoms with Crippen molar-refractivity contribution in [2.45, 2.75) is 19.9 Å². The lowest BCUT2D eigenvalue weighted by Gasteiger charge is -2.12. The van der Waals surface area contributed by atoms with Gasteiger partial charge in [-0.15, -0.1) is 0 Å². The topological polar surface area (TPSA) is 35.2 Å². The van der Waals surface area contributed by atoms with Gasteiger partial charge in [-0.25, -0.2) is 0 Å². The molecule has 0 aliphatic carbocycles. The summed E-state index contributed by atoms with van der Waals surface area (Å²) in [6.07, 6.45) is 0. The summed E-state index contributed by atoms with van der Waals surface area (Å²) >= 11 is 3.39. The Hall–Kier alpha value is -0.540. The third-order valence-electron chi connectivity index (χ3n) is 1.77. The highest BCUT2D eigenvalue weighted by Gasteiger charge is 2.07. The van der Waals surface area contributed by atoms with E-state index in [0.717, 1.165) is 15.8 Å². The standard InChI is InChI=1S/C10H14BrNO/c1-3-13-10-6-8(11)4-5-9(10)7(2)12/h4-7H,3,12H2,1-2H3/t7-/m1/s1. The van der Waals surface area contributed by atoms with E-state index in [4.69, 9.17) is 10.5 Å². The molecule has 13 heavy (non-hydrogen) atoms. The monoisotopic (exact) mass is 243 g/mol. The lowest BCUT2D eigenvalue weighted by atomic mass is 10.1. The molecule has 2 N–H and O–H groups in total. The first-order valence-electron chi connectivity index (χ1n) is 4.33. The molecule has 1 atom stereocenters. The van der Waals surface area contributed by atoms with E-state index >= 15 is 0 Å². The number of rotatable bonds is 3. The first-order chi connectivity index (χ1) is 6.15. The summed E-state index contributed by atoms with van der Waals surface area (Å²) in [6, 6.07) is 5.91. The normalized spacial score (nSPS) is 12.6. The maximum absolute atomic E-state index is 5.80. The average Bonchev–Trinajstić information content (AvgIpc) is 2.04. The lowest BCUT2D eigenvalue weighted by Crippen LogP contribution is -2.07. The second-order valence-electron chi connectivity index (χ2n) is 2.90. The van der Waals surface area contributed by atoms with Gasteiger partial charge in [-0.3, -0.25) is 0 Å². The van der Waals surface area contributed by atoms with Crippen LogP contribution in [0.15, 0.2) is 22.7 Å². The highest BCUT2D eigenvalue weighted by molar-refractivity contribution is 9.10. The van der Waals surface area contributed by atoms with Crippen LogP contribution in [0.25, 0.3) is 0 Å². The van der Waals surface area contributed by atoms with Crippen molar-refractivity contribution < 1.29 is 4.74 Å². The van der Waals surface area contributed by atoms with Crippen LogP contribution < -0.4 is 10.5 Å². The molecule has 0 unspecified atom stereocenters. The van der Waals surface area contributed by atoms with Crippen molar-refractivity contribution in [3.05, 3.63) is 28.2 Å². The summed E-state index contributed by atoms with van der Waals surface area (Å²) in [4.78, 5) is 0. The fraction of sp³-hybridized carbons (Fsp3) is 0.400. The minimum Gasteiger partial charge on any atom is -0.493 e. The zero-order valence-electron chi connectivity index (χ0n) is 7.88. The minimum atomic E-state index is 0.00894. The summed E-state index contributed by atoms with van der Waals surface area (Å²) in [5, 5.41) is 0. The van der Waals surface area contributed by atoms with Gasteiger partial charge in [0.05, 0.1) is 6.61 Å². The fourth-order valence-electron chi connectivity index (χ4n) is 1.16. The molecule has 1 aromatic carbocycles. The quantitative estimate of drug-likeness (QED) is 0.887. The second kappa shape index (κ2) is 4.63. The van der Waals surface area contributed by atoms with Gasteiger partial charge in [0.1, 0.15) is 5.75 Å². The molecule has 0 amide bonds. The van der Waals surface area contributed by atoms with E-state index in [9.17, 15) is 0 Å². The first-order valence-corrected chi connectivity index (χ1v) is 5.12. The first kappa shape index (κ1) is 10.5. The highest BCUT2D eigenvalue weighted by Crippen LogP contribution is 2.27. The Bertz CT molecular complexity index is 286. The van der Waals surface area contributed by atoms with Crippen molar-refractivity contribution in [2.75, 3.05) is 6.61 Å². The van der Waals surface area contributed by atoms with Gasteiger partial charge in [0.25, 0.3) is 0 Å². The van der Waals surface area contributed by atoms with Gasteiger partial charge < -0.3 is 10.5 Å². The maximum Gasteiger partial charge on any atom is 0.125 e. The zero-order valence-corrected chi connectivity index (χ0v) is 9.47. The molecular weight excluding hydrogens is 230 g/mol. The molecule has 2 nitrogen and oxygen atoms in total. The van der Waals surface area contributed by atoms with Crippen LogP contribution in [-0.2, 0) is 0 Å². The van der Waals surface area contributed by atoms with E-state index < -0.39 is 0 Å². The van der Waals surface area contributed by atoms with Crippen LogP contribution in [0.5, 0.6) is 5.75 Å². The third-order valence-corrected chi connectivity index (χ3v) is 2.26. The molecule has 0 aliphatic rings. The number of benzene rings is 1. The maximum atomic E-state index is 5.80. The summed E-state index contributed by atoms with van der Waals surface area (Å²) in [6.45, 7) is 4.58. The predicted octanol–water partition coefficient (Wildman–Crippen LogP) is 2.87. The number of halogens is 1. The molecule has 1 aromatic rings. The van der Waals surface area contributed by atoms with Gasteiger partial charge in [-0.1, -0.05) is 22.0 Å². The van der Waals surface area contributed by atoms with Crippen molar-refractivity contribution >= 4 is 15.9 Å². The SMILES string of the molecule is CCOc1cc(Br)ccc1[C@@H](C)N. The van der Waals surface area contributed by atoms with Crippen LogP contribution in [-0.4, -0.2) is 6.61 Å². The molecule has 0 heterocycles. The van der Waals surface area contributed by atoms with Gasteiger partial charge in [-0.05, 0) is 26.0 Å². The Morgan fingerprint density at radius 1 is 1.54 bits per heavy atom. The number of hydrogen-bond donors (Lipinski definition) is 1. The van der Waals surface area contributed by atoms with Gasteiger partial charge >= 0.3 is 0 Å². The van der Waals surface area contributed by atoms with Crippen LogP contribution in [0.4, 0.5) is 0 Å². The van der Waals surface area contributed by atoms with E-state index in [1.807, 2.05) is 32.0 Å². The Morgan fingerprint density at radius 3 is 2.77 bits per heavy atom. The van der Waals surface area contributed by atoms with E-state index in [1.165, 1.54) is 0 Å². The van der Waals surface area contributed by atoms with Crippen LogP contribution in [0.1, 0.15) is 25.5 Å². The minimum absolute atomic E-state index is 0.00894. The van der Waals surface area contributed by atoms with E-state index in [-0.39, 0.29) is 6.04 Å². The molecule has 0 bridgehead atoms. The summed E-state index contributed by atoms with van der Waals surface area (Å²) < 4.78 is 6.48. The lowest BCUT2D eigenvalue weighted by molar-refractivity contribution is 0.334. The molecule has 1 rings (SSSR count). The Kier molecular flexibility index (Phi) is 3.75. The van der Waals surface area contributed by atoms with Crippen molar-refractivity contribution in [2.24, 2.45) is 5.73 Å². The Labute approximate surface area is 87.2 Å². The molecule has 0 spiro atoms. The molecule has 3 heteroatoms. The van der Waals surface area contributed by atoms with E-state index in [1.54, 1.807) is 0 Å². The Morgan fingerprint density at radius 2 is 2.23 bits per heavy atom. The van der Waals surface area contributed by atoms with Gasteiger partial charge in [0.15, 0.2) is 0 Å². The largest absolute Gasteiger partial charge is 0.493 e. The molecule has 0 saturated carbocycles. The molecule has 0 aromatic heterocycles. The second-order valence-corrected chi connectivity index (χ2v) is 3.82. The van der Waals surface area contributed by atoms with Gasteiger partial charge in [0, 0.05) is 16.1 Å². The zero-order chi connectivity index (χ0) is 9.84. The number of nitrogens with two attached hydrogens (primary N) is 1. The predicted molar refractivity (Wildman–Crippen MR) is 57.9 cm³/mol. The smallest absolute Gasteiger partial charge is 0.125 e. The summed E-state index contributed by atoms with van der Waals surface area (Å²) in [5.74, 6) is 0.867. The van der Waals surface area contributed by atoms with E-state index in [2.05, 4.69) is 15.9 Å². The van der Waals surface area contributed by atoms with E-state index in [0.29, 0.717) is 6.61 Å². The third kappa shape index (κ3) is 2.71. The van der Waals surface area contributed by atoms with Crippen LogP contribution in [0, 0.1) is 0 Å². The van der Waals surface area contributed by atoms with Crippen molar-refractivity contribution in [1.82, 2.24) is 0 Å². The summed E-state index contributed by atoms with van der Waals surface area (Å²) in [7, 11) is 0. The molecule has 72 valence electrons. The fourth-order valence-corrected chi connectivity index (χ4v) is 1.50. The number of hydrogen-bond acceptors (Lipinski definition) is 2. The van der Waals surface area contributed by atoms with Crippen LogP contribution in [0.3, 0.4) is 0 Å². The van der Waals surface area contributed by atoms with Gasteiger partial charge in [0.2, 0.25) is 0 Å². The molecular formula is C10H14BrNO. The van der Waals surface area contributed by atoms with Crippen LogP contribution in [0.2, 0.25) is 0 Å². The van der Waals surface area contributed by atoms with Gasteiger partial charge in [-0.2, -0.15) is 0 Å².